The molecule has 0 radical (unpaired) electrons. The molecular weight excluding hydrogens is 300 g/mol. The molecule has 1 aromatic rings. The fourth-order valence-corrected chi connectivity index (χ4v) is 2.39. The fourth-order valence-electron chi connectivity index (χ4n) is 2.39. The third-order valence-corrected chi connectivity index (χ3v) is 3.60. The molecule has 0 spiro atoms. The molecule has 23 heavy (non-hydrogen) atoms. The van der Waals surface area contributed by atoms with Crippen LogP contribution in [0, 0.1) is 17.2 Å². The van der Waals surface area contributed by atoms with E-state index in [0.29, 0.717) is 12.0 Å². The van der Waals surface area contributed by atoms with Crippen molar-refractivity contribution in [1.29, 1.82) is 5.26 Å². The van der Waals surface area contributed by atoms with Crippen molar-refractivity contribution in [1.82, 2.24) is 10.6 Å². The highest BCUT2D eigenvalue weighted by Gasteiger charge is 2.37. The topological polar surface area (TPSA) is 64.9 Å². The van der Waals surface area contributed by atoms with Gasteiger partial charge < -0.3 is 5.32 Å². The second-order valence-electron chi connectivity index (χ2n) is 5.92. The summed E-state index contributed by atoms with van der Waals surface area (Å²) in [6.07, 6.45) is 0.409. The summed E-state index contributed by atoms with van der Waals surface area (Å²) in [5.74, 6) is -0.282. The quantitative estimate of drug-likeness (QED) is 0.686. The van der Waals surface area contributed by atoms with Gasteiger partial charge in [0.2, 0.25) is 5.91 Å². The highest BCUT2D eigenvalue weighted by Crippen LogP contribution is 2.25. The number of nitrogens with zero attached hydrogens (tertiary/aromatic N) is 1. The second kappa shape index (κ2) is 9.21. The molecule has 0 unspecified atom stereocenters. The van der Waals surface area contributed by atoms with E-state index in [9.17, 15) is 13.6 Å². The van der Waals surface area contributed by atoms with Gasteiger partial charge in [0.25, 0.3) is 0 Å². The van der Waals surface area contributed by atoms with Crippen LogP contribution in [0.1, 0.15) is 25.8 Å². The van der Waals surface area contributed by atoms with Crippen LogP contribution in [0.5, 0.6) is 0 Å². The Balaban J connectivity index is 3.05. The smallest absolute Gasteiger partial charge is 0.237 e. The summed E-state index contributed by atoms with van der Waals surface area (Å²) < 4.78 is 27.5. The van der Waals surface area contributed by atoms with Crippen molar-refractivity contribution in [2.24, 2.45) is 5.92 Å². The van der Waals surface area contributed by atoms with E-state index in [1.54, 1.807) is 30.3 Å². The summed E-state index contributed by atoms with van der Waals surface area (Å²) in [6, 6.07) is 9.46. The summed E-state index contributed by atoms with van der Waals surface area (Å²) in [5, 5.41) is 13.9. The Morgan fingerprint density at radius 3 is 2.35 bits per heavy atom. The summed E-state index contributed by atoms with van der Waals surface area (Å²) in [7, 11) is 0. The predicted molar refractivity (Wildman–Crippen MR) is 85.1 cm³/mol. The standard InChI is InChI=1S/C17H23F2N3O/c1-13(2)10-15(16(23)21-9-8-20)22-17(11-18,12-19)14-6-4-3-5-7-14/h3-7,13,15,22H,9-12H2,1-2H3,(H,21,23)/t15-/m0/s1. The van der Waals surface area contributed by atoms with Crippen LogP contribution in [0.2, 0.25) is 0 Å². The lowest BCUT2D eigenvalue weighted by molar-refractivity contribution is -0.124. The number of halogens is 2. The average Bonchev–Trinajstić information content (AvgIpc) is 2.57. The summed E-state index contributed by atoms with van der Waals surface area (Å²) in [4.78, 5) is 12.2. The van der Waals surface area contributed by atoms with Crippen molar-refractivity contribution in [3.63, 3.8) is 0 Å². The predicted octanol–water partition coefficient (Wildman–Crippen LogP) is 2.46. The van der Waals surface area contributed by atoms with E-state index in [1.165, 1.54) is 0 Å². The Hall–Kier alpha value is -2.00. The number of nitrogens with one attached hydrogen (secondary N) is 2. The number of hydrogen-bond donors (Lipinski definition) is 2. The highest BCUT2D eigenvalue weighted by molar-refractivity contribution is 5.82. The van der Waals surface area contributed by atoms with Gasteiger partial charge in [-0.15, -0.1) is 0 Å². The van der Waals surface area contributed by atoms with E-state index in [4.69, 9.17) is 5.26 Å². The number of carbonyl (C=O) groups excluding carboxylic acids is 1. The van der Waals surface area contributed by atoms with Crippen LogP contribution < -0.4 is 10.6 Å². The first-order valence-corrected chi connectivity index (χ1v) is 7.59. The van der Waals surface area contributed by atoms with Gasteiger partial charge in [-0.3, -0.25) is 10.1 Å². The van der Waals surface area contributed by atoms with Gasteiger partial charge in [-0.05, 0) is 17.9 Å². The number of benzene rings is 1. The lowest BCUT2D eigenvalue weighted by Crippen LogP contribution is -2.56. The zero-order valence-corrected chi connectivity index (χ0v) is 13.5. The Kier molecular flexibility index (Phi) is 7.63. The van der Waals surface area contributed by atoms with Crippen molar-refractivity contribution in [3.05, 3.63) is 35.9 Å². The van der Waals surface area contributed by atoms with E-state index in [1.807, 2.05) is 19.9 Å². The Bertz CT molecular complexity index is 524. The molecular formula is C17H23F2N3O. The normalized spacial score (nSPS) is 12.7. The van der Waals surface area contributed by atoms with Crippen LogP contribution in [0.3, 0.4) is 0 Å². The van der Waals surface area contributed by atoms with Gasteiger partial charge in [-0.1, -0.05) is 44.2 Å². The van der Waals surface area contributed by atoms with Gasteiger partial charge in [0.15, 0.2) is 0 Å². The van der Waals surface area contributed by atoms with E-state index < -0.39 is 30.8 Å². The van der Waals surface area contributed by atoms with Gasteiger partial charge in [0.05, 0.1) is 12.1 Å². The Labute approximate surface area is 135 Å². The van der Waals surface area contributed by atoms with Gasteiger partial charge in [-0.25, -0.2) is 8.78 Å². The van der Waals surface area contributed by atoms with Crippen molar-refractivity contribution >= 4 is 5.91 Å². The monoisotopic (exact) mass is 323 g/mol. The van der Waals surface area contributed by atoms with Crippen molar-refractivity contribution < 1.29 is 13.6 Å². The lowest BCUT2D eigenvalue weighted by Gasteiger charge is -2.34. The number of alkyl halides is 2. The molecule has 0 fully saturated rings. The number of amides is 1. The maximum Gasteiger partial charge on any atom is 0.237 e. The minimum absolute atomic E-state index is 0.140. The zero-order valence-electron chi connectivity index (χ0n) is 13.5. The minimum atomic E-state index is -1.56. The molecule has 4 nitrogen and oxygen atoms in total. The number of carbonyl (C=O) groups is 1. The maximum atomic E-state index is 13.7. The SMILES string of the molecule is CC(C)C[C@H](NC(CF)(CF)c1ccccc1)C(=O)NCC#N. The Morgan fingerprint density at radius 1 is 1.26 bits per heavy atom. The van der Waals surface area contributed by atoms with Crippen LogP contribution >= 0.6 is 0 Å². The lowest BCUT2D eigenvalue weighted by atomic mass is 9.90. The van der Waals surface area contributed by atoms with Gasteiger partial charge in [0.1, 0.15) is 25.4 Å². The molecule has 1 amide bonds. The van der Waals surface area contributed by atoms with Gasteiger partial charge >= 0.3 is 0 Å². The summed E-state index contributed by atoms with van der Waals surface area (Å²) >= 11 is 0. The molecule has 0 aromatic heterocycles. The number of nitriles is 1. The molecule has 1 rings (SSSR count). The third kappa shape index (κ3) is 5.29. The van der Waals surface area contributed by atoms with Crippen molar-refractivity contribution in [3.8, 4) is 6.07 Å². The van der Waals surface area contributed by atoms with E-state index >= 15 is 0 Å². The molecule has 1 atom stereocenters. The van der Waals surface area contributed by atoms with Crippen molar-refractivity contribution in [2.75, 3.05) is 19.9 Å². The fraction of sp³-hybridized carbons (Fsp3) is 0.529. The number of rotatable bonds is 9. The Morgan fingerprint density at radius 2 is 1.87 bits per heavy atom. The molecule has 0 aliphatic rings. The zero-order chi connectivity index (χ0) is 17.3. The average molecular weight is 323 g/mol. The van der Waals surface area contributed by atoms with Crippen LogP contribution in [-0.2, 0) is 10.3 Å². The van der Waals surface area contributed by atoms with E-state index in [-0.39, 0.29) is 12.5 Å². The van der Waals surface area contributed by atoms with Crippen LogP contribution in [0.15, 0.2) is 30.3 Å². The van der Waals surface area contributed by atoms with Crippen molar-refractivity contribution in [2.45, 2.75) is 31.8 Å². The van der Waals surface area contributed by atoms with Crippen LogP contribution in [0.4, 0.5) is 8.78 Å². The first-order valence-electron chi connectivity index (χ1n) is 7.59. The molecule has 0 saturated heterocycles. The van der Waals surface area contributed by atoms with Crippen LogP contribution in [0.25, 0.3) is 0 Å². The molecule has 0 saturated carbocycles. The molecule has 1 aromatic carbocycles. The molecule has 0 heterocycles. The first-order chi connectivity index (χ1) is 11.0. The molecule has 6 heteroatoms. The third-order valence-electron chi connectivity index (χ3n) is 3.60. The van der Waals surface area contributed by atoms with Crippen LogP contribution in [-0.4, -0.2) is 31.8 Å². The minimum Gasteiger partial charge on any atom is -0.342 e. The molecule has 0 aliphatic heterocycles. The molecule has 0 bridgehead atoms. The number of hydrogen-bond acceptors (Lipinski definition) is 3. The molecule has 0 aliphatic carbocycles. The van der Waals surface area contributed by atoms with E-state index in [0.717, 1.165) is 0 Å². The second-order valence-corrected chi connectivity index (χ2v) is 5.92. The van der Waals surface area contributed by atoms with Gasteiger partial charge in [-0.2, -0.15) is 5.26 Å². The maximum absolute atomic E-state index is 13.7. The van der Waals surface area contributed by atoms with E-state index in [2.05, 4.69) is 10.6 Å². The van der Waals surface area contributed by atoms with Gasteiger partial charge in [0, 0.05) is 0 Å². The molecule has 2 N–H and O–H groups in total. The largest absolute Gasteiger partial charge is 0.342 e. The summed E-state index contributed by atoms with van der Waals surface area (Å²) in [5.41, 5.74) is -1.11. The first kappa shape index (κ1) is 19.0. The molecule has 126 valence electrons. The highest BCUT2D eigenvalue weighted by atomic mass is 19.1. The summed E-state index contributed by atoms with van der Waals surface area (Å²) in [6.45, 7) is 1.74.